The summed E-state index contributed by atoms with van der Waals surface area (Å²) in [4.78, 5) is 11.5. The Morgan fingerprint density at radius 2 is 1.84 bits per heavy atom. The average molecular weight is 339 g/mol. The molecule has 0 atom stereocenters. The lowest BCUT2D eigenvalue weighted by molar-refractivity contribution is 0.405. The quantitative estimate of drug-likeness (QED) is 0.683. The third kappa shape index (κ3) is 5.71. The van der Waals surface area contributed by atoms with Crippen molar-refractivity contribution >= 4 is 11.8 Å². The van der Waals surface area contributed by atoms with Crippen LogP contribution < -0.4 is 10.6 Å². The van der Waals surface area contributed by atoms with Gasteiger partial charge in [-0.3, -0.25) is 0 Å². The number of benzene rings is 1. The van der Waals surface area contributed by atoms with Crippen molar-refractivity contribution in [2.75, 3.05) is 37.8 Å². The molecule has 2 aromatic rings. The smallest absolute Gasteiger partial charge is 0.224 e. The zero-order chi connectivity index (χ0) is 17.6. The molecule has 2 N–H and O–H groups in total. The maximum atomic E-state index is 4.70. The van der Waals surface area contributed by atoms with Gasteiger partial charge in [-0.25, -0.2) is 4.98 Å². The van der Waals surface area contributed by atoms with Gasteiger partial charge in [0.2, 0.25) is 5.95 Å². The van der Waals surface area contributed by atoms with Crippen molar-refractivity contribution in [1.29, 1.82) is 0 Å². The minimum atomic E-state index is 0.616. The molecule has 0 radical (unpaired) electrons. The highest BCUT2D eigenvalue weighted by Gasteiger charge is 2.26. The highest BCUT2D eigenvalue weighted by atomic mass is 15.1. The van der Waals surface area contributed by atoms with Crippen LogP contribution in [-0.2, 0) is 6.54 Å². The van der Waals surface area contributed by atoms with E-state index in [1.54, 1.807) is 0 Å². The molecule has 0 bridgehead atoms. The molecular weight excluding hydrogens is 310 g/mol. The van der Waals surface area contributed by atoms with E-state index in [1.165, 1.54) is 24.0 Å². The summed E-state index contributed by atoms with van der Waals surface area (Å²) in [5.74, 6) is 2.27. The van der Waals surface area contributed by atoms with Crippen LogP contribution >= 0.6 is 0 Å². The van der Waals surface area contributed by atoms with E-state index in [9.17, 15) is 0 Å². The van der Waals surface area contributed by atoms with Gasteiger partial charge >= 0.3 is 0 Å². The van der Waals surface area contributed by atoms with Crippen LogP contribution in [0.15, 0.2) is 30.3 Å². The zero-order valence-electron chi connectivity index (χ0n) is 15.5. The van der Waals surface area contributed by atoms with Gasteiger partial charge in [0.25, 0.3) is 0 Å². The van der Waals surface area contributed by atoms with E-state index in [0.717, 1.165) is 43.5 Å². The number of hydrogen-bond donors (Lipinski definition) is 2. The molecule has 5 heteroatoms. The summed E-state index contributed by atoms with van der Waals surface area (Å²) in [6, 6.07) is 10.7. The second-order valence-corrected chi connectivity index (χ2v) is 7.20. The summed E-state index contributed by atoms with van der Waals surface area (Å²) >= 11 is 0. The van der Waals surface area contributed by atoms with Crippen molar-refractivity contribution in [2.45, 2.75) is 38.6 Å². The molecule has 1 aromatic heterocycles. The lowest BCUT2D eigenvalue weighted by atomic mass is 10.1. The standard InChI is InChI=1S/C20H29N5/c1-15-5-7-16(8-6-15)14-22-19-13-18(17-9-10-17)23-20(24-19)21-11-4-12-25(2)3/h5-8,13,17H,4,9-12,14H2,1-3H3,(H2,21,22,23,24). The van der Waals surface area contributed by atoms with Gasteiger partial charge in [-0.1, -0.05) is 29.8 Å². The molecule has 5 nitrogen and oxygen atoms in total. The maximum absolute atomic E-state index is 4.70. The lowest BCUT2D eigenvalue weighted by Crippen LogP contribution is -2.17. The van der Waals surface area contributed by atoms with Gasteiger partial charge in [0.15, 0.2) is 0 Å². The molecule has 1 saturated carbocycles. The van der Waals surface area contributed by atoms with Crippen molar-refractivity contribution in [1.82, 2.24) is 14.9 Å². The molecule has 1 aliphatic rings. The Morgan fingerprint density at radius 3 is 2.52 bits per heavy atom. The normalized spacial score (nSPS) is 13.9. The number of aryl methyl sites for hydroxylation is 1. The predicted octanol–water partition coefficient (Wildman–Crippen LogP) is 3.64. The van der Waals surface area contributed by atoms with Crippen LogP contribution in [0, 0.1) is 6.92 Å². The summed E-state index contributed by atoms with van der Waals surface area (Å²) in [6.07, 6.45) is 3.57. The summed E-state index contributed by atoms with van der Waals surface area (Å²) in [5, 5.41) is 6.83. The van der Waals surface area contributed by atoms with Gasteiger partial charge in [-0.05, 0) is 52.4 Å². The largest absolute Gasteiger partial charge is 0.366 e. The summed E-state index contributed by atoms with van der Waals surface area (Å²) in [5.41, 5.74) is 3.71. The fourth-order valence-electron chi connectivity index (χ4n) is 2.72. The van der Waals surface area contributed by atoms with Crippen molar-refractivity contribution in [3.63, 3.8) is 0 Å². The summed E-state index contributed by atoms with van der Waals surface area (Å²) in [6.45, 7) is 4.84. The molecule has 134 valence electrons. The second-order valence-electron chi connectivity index (χ2n) is 7.20. The van der Waals surface area contributed by atoms with Crippen LogP contribution in [-0.4, -0.2) is 42.1 Å². The van der Waals surface area contributed by atoms with Crippen LogP contribution in [0.4, 0.5) is 11.8 Å². The first-order valence-corrected chi connectivity index (χ1v) is 9.17. The van der Waals surface area contributed by atoms with Crippen molar-refractivity contribution < 1.29 is 0 Å². The Kier molecular flexibility index (Phi) is 5.87. The Morgan fingerprint density at radius 1 is 1.08 bits per heavy atom. The average Bonchev–Trinajstić information content (AvgIpc) is 3.43. The number of nitrogens with one attached hydrogen (secondary N) is 2. The predicted molar refractivity (Wildman–Crippen MR) is 104 cm³/mol. The lowest BCUT2D eigenvalue weighted by Gasteiger charge is -2.12. The topological polar surface area (TPSA) is 53.1 Å². The molecule has 1 fully saturated rings. The van der Waals surface area contributed by atoms with E-state index < -0.39 is 0 Å². The Hall–Kier alpha value is -2.14. The van der Waals surface area contributed by atoms with Gasteiger partial charge in [0, 0.05) is 25.1 Å². The Bertz CT molecular complexity index is 677. The second kappa shape index (κ2) is 8.30. The van der Waals surface area contributed by atoms with Crippen LogP contribution in [0.5, 0.6) is 0 Å². The maximum Gasteiger partial charge on any atom is 0.224 e. The molecule has 1 heterocycles. The van der Waals surface area contributed by atoms with Crippen LogP contribution in [0.25, 0.3) is 0 Å². The zero-order valence-corrected chi connectivity index (χ0v) is 15.5. The molecule has 0 unspecified atom stereocenters. The molecular formula is C20H29N5. The third-order valence-electron chi connectivity index (χ3n) is 4.40. The SMILES string of the molecule is Cc1ccc(CNc2cc(C3CC3)nc(NCCCN(C)C)n2)cc1. The summed E-state index contributed by atoms with van der Waals surface area (Å²) in [7, 11) is 4.19. The highest BCUT2D eigenvalue weighted by Crippen LogP contribution is 2.39. The highest BCUT2D eigenvalue weighted by molar-refractivity contribution is 5.44. The van der Waals surface area contributed by atoms with Crippen LogP contribution in [0.3, 0.4) is 0 Å². The molecule has 0 aliphatic heterocycles. The number of anilines is 2. The number of nitrogens with zero attached hydrogens (tertiary/aromatic N) is 3. The van der Waals surface area contributed by atoms with Crippen molar-refractivity contribution in [3.8, 4) is 0 Å². The van der Waals surface area contributed by atoms with Crippen LogP contribution in [0.1, 0.15) is 42.0 Å². The first-order chi connectivity index (χ1) is 12.1. The van der Waals surface area contributed by atoms with Crippen LogP contribution in [0.2, 0.25) is 0 Å². The number of hydrogen-bond acceptors (Lipinski definition) is 5. The Labute approximate surface area is 150 Å². The molecule has 1 aromatic carbocycles. The van der Waals surface area contributed by atoms with Gasteiger partial charge in [-0.15, -0.1) is 0 Å². The molecule has 0 amide bonds. The van der Waals surface area contributed by atoms with E-state index in [4.69, 9.17) is 4.98 Å². The number of aromatic nitrogens is 2. The first kappa shape index (κ1) is 17.7. The van der Waals surface area contributed by atoms with E-state index in [0.29, 0.717) is 5.92 Å². The van der Waals surface area contributed by atoms with Crippen molar-refractivity contribution in [3.05, 3.63) is 47.2 Å². The molecule has 0 saturated heterocycles. The molecule has 0 spiro atoms. The monoisotopic (exact) mass is 339 g/mol. The molecule has 25 heavy (non-hydrogen) atoms. The van der Waals surface area contributed by atoms with Gasteiger partial charge in [0.1, 0.15) is 5.82 Å². The van der Waals surface area contributed by atoms with E-state index >= 15 is 0 Å². The minimum Gasteiger partial charge on any atom is -0.366 e. The Balaban J connectivity index is 1.62. The van der Waals surface area contributed by atoms with E-state index in [-0.39, 0.29) is 0 Å². The van der Waals surface area contributed by atoms with Gasteiger partial charge in [0.05, 0.1) is 5.69 Å². The molecule has 1 aliphatic carbocycles. The fourth-order valence-corrected chi connectivity index (χ4v) is 2.72. The minimum absolute atomic E-state index is 0.616. The van der Waals surface area contributed by atoms with Crippen molar-refractivity contribution in [2.24, 2.45) is 0 Å². The van der Waals surface area contributed by atoms with E-state index in [1.807, 2.05) is 0 Å². The third-order valence-corrected chi connectivity index (χ3v) is 4.40. The molecule has 3 rings (SSSR count). The van der Waals surface area contributed by atoms with Gasteiger partial charge < -0.3 is 15.5 Å². The first-order valence-electron chi connectivity index (χ1n) is 9.17. The van der Waals surface area contributed by atoms with E-state index in [2.05, 4.69) is 71.9 Å². The van der Waals surface area contributed by atoms with Gasteiger partial charge in [-0.2, -0.15) is 4.98 Å². The summed E-state index contributed by atoms with van der Waals surface area (Å²) < 4.78 is 0. The number of rotatable bonds is 9. The fraction of sp³-hybridized carbons (Fsp3) is 0.500.